The number of carbonyl (C=O) groups excluding carboxylic acids is 1. The highest BCUT2D eigenvalue weighted by Crippen LogP contribution is 2.31. The highest BCUT2D eigenvalue weighted by molar-refractivity contribution is 5.74. The van der Waals surface area contributed by atoms with Gasteiger partial charge in [-0.05, 0) is 44.9 Å². The fourth-order valence-corrected chi connectivity index (χ4v) is 2.63. The largest absolute Gasteiger partial charge is 0.414 e. The summed E-state index contributed by atoms with van der Waals surface area (Å²) in [6, 6.07) is -0.225. The van der Waals surface area contributed by atoms with E-state index in [0.29, 0.717) is 0 Å². The minimum atomic E-state index is -4.59. The lowest BCUT2D eigenvalue weighted by Gasteiger charge is -2.35. The molecule has 0 spiro atoms. The Hall–Kier alpha value is -1.24. The minimum Gasteiger partial charge on any atom is -0.383 e. The molecule has 0 aromatic rings. The number of nitrogens with one attached hydrogen (secondary N) is 1. The van der Waals surface area contributed by atoms with Gasteiger partial charge >= 0.3 is 12.2 Å². The first-order valence-electron chi connectivity index (χ1n) is 7.66. The van der Waals surface area contributed by atoms with Crippen molar-refractivity contribution in [2.24, 2.45) is 5.92 Å². The van der Waals surface area contributed by atoms with Crippen LogP contribution in [0.2, 0.25) is 0 Å². The van der Waals surface area contributed by atoms with Gasteiger partial charge in [0.2, 0.25) is 0 Å². The molecule has 1 saturated heterocycles. The van der Waals surface area contributed by atoms with E-state index in [0.717, 1.165) is 19.3 Å². The van der Waals surface area contributed by atoms with Gasteiger partial charge in [0.05, 0.1) is 0 Å². The predicted molar refractivity (Wildman–Crippen MR) is 78.4 cm³/mol. The molecule has 1 fully saturated rings. The van der Waals surface area contributed by atoms with Gasteiger partial charge < -0.3 is 15.3 Å². The van der Waals surface area contributed by atoms with Crippen LogP contribution in [-0.4, -0.2) is 47.4 Å². The zero-order chi connectivity index (χ0) is 16.8. The standard InChI is InChI=1S/C15H25F3N2O2/c1-3-4-5-6-11(2)19-14(22)20-9-7-12(8-10-20)13(21)15(16,17)18/h3,11-13,21H,1,4-10H2,2H3,(H,19,22). The second kappa shape index (κ2) is 8.41. The summed E-state index contributed by atoms with van der Waals surface area (Å²) in [5, 5.41) is 12.1. The average molecular weight is 322 g/mol. The Morgan fingerprint density at radius 2 is 2.05 bits per heavy atom. The predicted octanol–water partition coefficient (Wildman–Crippen LogP) is 3.08. The quantitative estimate of drug-likeness (QED) is 0.583. The number of alkyl halides is 3. The maximum Gasteiger partial charge on any atom is 0.414 e. The summed E-state index contributed by atoms with van der Waals surface area (Å²) < 4.78 is 37.4. The first-order valence-corrected chi connectivity index (χ1v) is 7.66. The maximum absolute atomic E-state index is 12.5. The summed E-state index contributed by atoms with van der Waals surface area (Å²) in [5.74, 6) is -0.825. The van der Waals surface area contributed by atoms with Gasteiger partial charge in [0.1, 0.15) is 0 Å². The van der Waals surface area contributed by atoms with Crippen LogP contribution in [0, 0.1) is 5.92 Å². The van der Waals surface area contributed by atoms with E-state index in [4.69, 9.17) is 0 Å². The third-order valence-electron chi connectivity index (χ3n) is 4.02. The summed E-state index contributed by atoms with van der Waals surface area (Å²) in [5.41, 5.74) is 0. The summed E-state index contributed by atoms with van der Waals surface area (Å²) in [7, 11) is 0. The zero-order valence-corrected chi connectivity index (χ0v) is 12.9. The number of nitrogens with zero attached hydrogens (tertiary/aromatic N) is 1. The summed E-state index contributed by atoms with van der Waals surface area (Å²) in [6.07, 6.45) is -2.07. The number of aliphatic hydroxyl groups is 1. The van der Waals surface area contributed by atoms with Crippen molar-refractivity contribution in [3.8, 4) is 0 Å². The number of urea groups is 1. The third-order valence-corrected chi connectivity index (χ3v) is 4.02. The van der Waals surface area contributed by atoms with Gasteiger partial charge in [0, 0.05) is 19.1 Å². The van der Waals surface area contributed by atoms with E-state index in [-0.39, 0.29) is 38.0 Å². The highest BCUT2D eigenvalue weighted by atomic mass is 19.4. The zero-order valence-electron chi connectivity index (χ0n) is 12.9. The number of hydrogen-bond donors (Lipinski definition) is 2. The molecule has 22 heavy (non-hydrogen) atoms. The number of piperidine rings is 1. The molecule has 0 radical (unpaired) electrons. The molecule has 1 aliphatic rings. The molecular formula is C15H25F3N2O2. The van der Waals surface area contributed by atoms with Gasteiger partial charge in [-0.3, -0.25) is 0 Å². The molecule has 0 bridgehead atoms. The molecule has 0 aliphatic carbocycles. The molecule has 1 aliphatic heterocycles. The van der Waals surface area contributed by atoms with Crippen LogP contribution in [0.5, 0.6) is 0 Å². The van der Waals surface area contributed by atoms with Gasteiger partial charge in [-0.15, -0.1) is 6.58 Å². The van der Waals surface area contributed by atoms with E-state index >= 15 is 0 Å². The minimum absolute atomic E-state index is 0.0194. The lowest BCUT2D eigenvalue weighted by Crippen LogP contribution is -2.49. The second-order valence-electron chi connectivity index (χ2n) is 5.88. The Morgan fingerprint density at radius 1 is 1.45 bits per heavy atom. The average Bonchev–Trinajstić information content (AvgIpc) is 2.46. The molecule has 2 N–H and O–H groups in total. The fourth-order valence-electron chi connectivity index (χ4n) is 2.63. The number of allylic oxidation sites excluding steroid dienone is 1. The molecule has 2 amide bonds. The van der Waals surface area contributed by atoms with Crippen LogP contribution in [-0.2, 0) is 0 Å². The lowest BCUT2D eigenvalue weighted by atomic mass is 9.91. The fraction of sp³-hybridized carbons (Fsp3) is 0.800. The van der Waals surface area contributed by atoms with Gasteiger partial charge in [0.25, 0.3) is 0 Å². The Kier molecular flexibility index (Phi) is 7.19. The Labute approximate surface area is 129 Å². The smallest absolute Gasteiger partial charge is 0.383 e. The van der Waals surface area contributed by atoms with Crippen molar-refractivity contribution in [2.75, 3.05) is 13.1 Å². The molecule has 0 aromatic heterocycles. The molecule has 0 saturated carbocycles. The first-order chi connectivity index (χ1) is 10.3. The number of carbonyl (C=O) groups is 1. The molecule has 7 heteroatoms. The van der Waals surface area contributed by atoms with E-state index in [1.165, 1.54) is 4.90 Å². The van der Waals surface area contributed by atoms with Crippen LogP contribution in [0.1, 0.15) is 39.0 Å². The number of unbranched alkanes of at least 4 members (excludes halogenated alkanes) is 1. The number of amides is 2. The van der Waals surface area contributed by atoms with E-state index in [9.17, 15) is 23.1 Å². The van der Waals surface area contributed by atoms with Gasteiger partial charge in [0.15, 0.2) is 6.10 Å². The van der Waals surface area contributed by atoms with Crippen molar-refractivity contribution in [1.82, 2.24) is 10.2 Å². The van der Waals surface area contributed by atoms with Crippen molar-refractivity contribution in [1.29, 1.82) is 0 Å². The van der Waals surface area contributed by atoms with Gasteiger partial charge in [-0.25, -0.2) is 4.79 Å². The van der Waals surface area contributed by atoms with Crippen LogP contribution in [0.25, 0.3) is 0 Å². The Morgan fingerprint density at radius 3 is 2.55 bits per heavy atom. The molecule has 4 nitrogen and oxygen atoms in total. The van der Waals surface area contributed by atoms with E-state index < -0.39 is 18.2 Å². The van der Waals surface area contributed by atoms with Crippen molar-refractivity contribution in [3.05, 3.63) is 12.7 Å². The van der Waals surface area contributed by atoms with Crippen LogP contribution < -0.4 is 5.32 Å². The summed E-state index contributed by atoms with van der Waals surface area (Å²) in [6.45, 7) is 6.02. The number of rotatable bonds is 6. The van der Waals surface area contributed by atoms with Gasteiger partial charge in [-0.2, -0.15) is 13.2 Å². The SMILES string of the molecule is C=CCCCC(C)NC(=O)N1CCC(C(O)C(F)(F)F)CC1. The summed E-state index contributed by atoms with van der Waals surface area (Å²) in [4.78, 5) is 13.5. The number of hydrogen-bond acceptors (Lipinski definition) is 2. The molecule has 1 rings (SSSR count). The van der Waals surface area contributed by atoms with Crippen LogP contribution in [0.4, 0.5) is 18.0 Å². The van der Waals surface area contributed by atoms with Crippen LogP contribution >= 0.6 is 0 Å². The maximum atomic E-state index is 12.5. The van der Waals surface area contributed by atoms with E-state index in [1.807, 2.05) is 13.0 Å². The number of likely N-dealkylation sites (tertiary alicyclic amines) is 1. The lowest BCUT2D eigenvalue weighted by molar-refractivity contribution is -0.222. The molecule has 128 valence electrons. The van der Waals surface area contributed by atoms with Crippen LogP contribution in [0.3, 0.4) is 0 Å². The second-order valence-corrected chi connectivity index (χ2v) is 5.88. The molecule has 2 unspecified atom stereocenters. The van der Waals surface area contributed by atoms with Crippen molar-refractivity contribution >= 4 is 6.03 Å². The number of aliphatic hydroxyl groups excluding tert-OH is 1. The Balaban J connectivity index is 2.34. The molecule has 2 atom stereocenters. The topological polar surface area (TPSA) is 52.6 Å². The van der Waals surface area contributed by atoms with Crippen molar-refractivity contribution < 1.29 is 23.1 Å². The monoisotopic (exact) mass is 322 g/mol. The van der Waals surface area contributed by atoms with Crippen molar-refractivity contribution in [3.63, 3.8) is 0 Å². The van der Waals surface area contributed by atoms with E-state index in [1.54, 1.807) is 0 Å². The highest BCUT2D eigenvalue weighted by Gasteiger charge is 2.44. The molecular weight excluding hydrogens is 297 g/mol. The van der Waals surface area contributed by atoms with E-state index in [2.05, 4.69) is 11.9 Å². The van der Waals surface area contributed by atoms with Crippen molar-refractivity contribution in [2.45, 2.75) is 57.3 Å². The number of halogens is 3. The molecule has 0 aromatic carbocycles. The first kappa shape index (κ1) is 18.8. The third kappa shape index (κ3) is 5.87. The van der Waals surface area contributed by atoms with Crippen LogP contribution in [0.15, 0.2) is 12.7 Å². The normalized spacial score (nSPS) is 19.6. The summed E-state index contributed by atoms with van der Waals surface area (Å²) >= 11 is 0. The molecule has 1 heterocycles. The Bertz CT molecular complexity index is 366. The van der Waals surface area contributed by atoms with Gasteiger partial charge in [-0.1, -0.05) is 6.08 Å².